The number of likely N-dealkylation sites (N-methyl/N-ethyl adjacent to an activating group) is 1. The van der Waals surface area contributed by atoms with Gasteiger partial charge in [0.2, 0.25) is 5.91 Å². The Morgan fingerprint density at radius 1 is 1.09 bits per heavy atom. The zero-order valence-corrected chi connectivity index (χ0v) is 13.2. The highest BCUT2D eigenvalue weighted by atomic mass is 16.2. The van der Waals surface area contributed by atoms with Crippen LogP contribution < -0.4 is 5.32 Å². The Morgan fingerprint density at radius 3 is 2.36 bits per heavy atom. The van der Waals surface area contributed by atoms with E-state index in [0.29, 0.717) is 0 Å². The monoisotopic (exact) mass is 303 g/mol. The summed E-state index contributed by atoms with van der Waals surface area (Å²) in [5.74, 6) is 0.237. The number of carbonyl (C=O) groups excluding carboxylic acids is 1. The summed E-state index contributed by atoms with van der Waals surface area (Å²) >= 11 is 0. The first kappa shape index (κ1) is 15.4. The quantitative estimate of drug-likeness (QED) is 0.838. The minimum Gasteiger partial charge on any atom is -0.338 e. The summed E-state index contributed by atoms with van der Waals surface area (Å²) in [4.78, 5) is 23.8. The summed E-state index contributed by atoms with van der Waals surface area (Å²) in [6, 6.07) is 3.77. The number of carbonyl (C=O) groups is 1. The van der Waals surface area contributed by atoms with Crippen molar-refractivity contribution >= 4 is 5.91 Å². The molecule has 0 spiro atoms. The highest BCUT2D eigenvalue weighted by Gasteiger charge is 2.33. The first-order valence-electron chi connectivity index (χ1n) is 8.08. The Morgan fingerprint density at radius 2 is 1.73 bits per heavy atom. The van der Waals surface area contributed by atoms with Crippen LogP contribution in [0.4, 0.5) is 0 Å². The SMILES string of the molecule is CN1CCN(C(=O)C(c2ccncc2)N2CCNCC2)CC1. The van der Waals surface area contributed by atoms with Crippen molar-refractivity contribution < 1.29 is 4.79 Å². The smallest absolute Gasteiger partial charge is 0.244 e. The number of nitrogens with zero attached hydrogens (tertiary/aromatic N) is 4. The van der Waals surface area contributed by atoms with Crippen LogP contribution >= 0.6 is 0 Å². The fourth-order valence-electron chi connectivity index (χ4n) is 3.20. The van der Waals surface area contributed by atoms with Crippen molar-refractivity contribution in [1.82, 2.24) is 25.0 Å². The Hall–Kier alpha value is -1.50. The standard InChI is InChI=1S/C16H25N5O/c1-19-10-12-21(13-11-19)16(22)15(14-2-4-17-5-3-14)20-8-6-18-7-9-20/h2-5,15,18H,6-13H2,1H3. The van der Waals surface area contributed by atoms with Gasteiger partial charge in [0.1, 0.15) is 6.04 Å². The molecule has 1 N–H and O–H groups in total. The summed E-state index contributed by atoms with van der Waals surface area (Å²) < 4.78 is 0. The zero-order valence-electron chi connectivity index (χ0n) is 13.2. The van der Waals surface area contributed by atoms with Crippen molar-refractivity contribution in [3.05, 3.63) is 30.1 Å². The second-order valence-electron chi connectivity index (χ2n) is 6.10. The molecule has 3 heterocycles. The Bertz CT molecular complexity index is 481. The fraction of sp³-hybridized carbons (Fsp3) is 0.625. The van der Waals surface area contributed by atoms with E-state index in [9.17, 15) is 4.79 Å². The van der Waals surface area contributed by atoms with Gasteiger partial charge in [-0.25, -0.2) is 0 Å². The van der Waals surface area contributed by atoms with Gasteiger partial charge in [0.05, 0.1) is 0 Å². The van der Waals surface area contributed by atoms with Crippen LogP contribution in [0.1, 0.15) is 11.6 Å². The van der Waals surface area contributed by atoms with Crippen molar-refractivity contribution in [2.75, 3.05) is 59.4 Å². The van der Waals surface area contributed by atoms with Crippen molar-refractivity contribution in [2.24, 2.45) is 0 Å². The largest absolute Gasteiger partial charge is 0.338 e. The van der Waals surface area contributed by atoms with Crippen LogP contribution in [0.3, 0.4) is 0 Å². The highest BCUT2D eigenvalue weighted by Crippen LogP contribution is 2.24. The van der Waals surface area contributed by atoms with E-state index in [4.69, 9.17) is 0 Å². The molecule has 1 aromatic heterocycles. The van der Waals surface area contributed by atoms with Gasteiger partial charge in [0.25, 0.3) is 0 Å². The number of rotatable bonds is 3. The summed E-state index contributed by atoms with van der Waals surface area (Å²) in [7, 11) is 2.11. The fourth-order valence-corrected chi connectivity index (χ4v) is 3.20. The molecule has 0 radical (unpaired) electrons. The molecule has 1 amide bonds. The lowest BCUT2D eigenvalue weighted by Gasteiger charge is -2.39. The van der Waals surface area contributed by atoms with Crippen LogP contribution in [0, 0.1) is 0 Å². The van der Waals surface area contributed by atoms with Crippen LogP contribution in [0.25, 0.3) is 0 Å². The van der Waals surface area contributed by atoms with E-state index in [0.717, 1.165) is 57.9 Å². The van der Waals surface area contributed by atoms with Gasteiger partial charge in [-0.05, 0) is 24.7 Å². The molecule has 1 unspecified atom stereocenters. The third-order valence-corrected chi connectivity index (χ3v) is 4.59. The predicted octanol–water partition coefficient (Wildman–Crippen LogP) is -0.198. The van der Waals surface area contributed by atoms with Crippen LogP contribution in [0.15, 0.2) is 24.5 Å². The molecule has 2 saturated heterocycles. The molecule has 0 aromatic carbocycles. The molecule has 0 bridgehead atoms. The van der Waals surface area contributed by atoms with Crippen LogP contribution in [0.2, 0.25) is 0 Å². The second kappa shape index (κ2) is 7.17. The minimum atomic E-state index is -0.173. The number of hydrogen-bond donors (Lipinski definition) is 1. The molecule has 3 rings (SSSR count). The molecule has 2 aliphatic rings. The topological polar surface area (TPSA) is 51.7 Å². The molecular formula is C16H25N5O. The summed E-state index contributed by atoms with van der Waals surface area (Å²) in [5.41, 5.74) is 1.06. The van der Waals surface area contributed by atoms with Crippen molar-refractivity contribution in [3.63, 3.8) is 0 Å². The van der Waals surface area contributed by atoms with Crippen molar-refractivity contribution in [3.8, 4) is 0 Å². The molecule has 2 aliphatic heterocycles. The van der Waals surface area contributed by atoms with E-state index in [1.807, 2.05) is 17.0 Å². The van der Waals surface area contributed by atoms with E-state index >= 15 is 0 Å². The average Bonchev–Trinajstić information content (AvgIpc) is 2.57. The lowest BCUT2D eigenvalue weighted by atomic mass is 10.0. The van der Waals surface area contributed by atoms with Gasteiger partial charge in [-0.2, -0.15) is 0 Å². The summed E-state index contributed by atoms with van der Waals surface area (Å²) in [5, 5.41) is 3.36. The van der Waals surface area contributed by atoms with E-state index in [2.05, 4.69) is 27.1 Å². The van der Waals surface area contributed by atoms with Gasteiger partial charge in [0, 0.05) is 64.8 Å². The molecule has 1 atom stereocenters. The Balaban J connectivity index is 1.79. The van der Waals surface area contributed by atoms with Crippen LogP contribution in [-0.2, 0) is 4.79 Å². The van der Waals surface area contributed by atoms with Gasteiger partial charge in [-0.1, -0.05) is 0 Å². The highest BCUT2D eigenvalue weighted by molar-refractivity contribution is 5.83. The molecule has 2 fully saturated rings. The van der Waals surface area contributed by atoms with Gasteiger partial charge < -0.3 is 15.1 Å². The maximum atomic E-state index is 13.1. The lowest BCUT2D eigenvalue weighted by Crippen LogP contribution is -2.53. The molecule has 120 valence electrons. The molecule has 1 aromatic rings. The molecule has 6 heteroatoms. The maximum Gasteiger partial charge on any atom is 0.244 e. The number of aromatic nitrogens is 1. The Kier molecular flexibility index (Phi) is 5.02. The van der Waals surface area contributed by atoms with E-state index in [1.165, 1.54) is 0 Å². The third-order valence-electron chi connectivity index (χ3n) is 4.59. The molecule has 0 aliphatic carbocycles. The number of pyridine rings is 1. The average molecular weight is 303 g/mol. The normalized spacial score (nSPS) is 22.5. The summed E-state index contributed by atoms with van der Waals surface area (Å²) in [6.07, 6.45) is 3.56. The van der Waals surface area contributed by atoms with Crippen LogP contribution in [-0.4, -0.2) is 85.0 Å². The first-order valence-corrected chi connectivity index (χ1v) is 8.08. The first-order chi connectivity index (χ1) is 10.8. The lowest BCUT2D eigenvalue weighted by molar-refractivity contribution is -0.139. The van der Waals surface area contributed by atoms with E-state index < -0.39 is 0 Å². The van der Waals surface area contributed by atoms with Crippen molar-refractivity contribution in [1.29, 1.82) is 0 Å². The van der Waals surface area contributed by atoms with Gasteiger partial charge >= 0.3 is 0 Å². The van der Waals surface area contributed by atoms with Crippen LogP contribution in [0.5, 0.6) is 0 Å². The maximum absolute atomic E-state index is 13.1. The number of piperazine rings is 2. The van der Waals surface area contributed by atoms with Gasteiger partial charge in [0.15, 0.2) is 0 Å². The Labute approximate surface area is 132 Å². The second-order valence-corrected chi connectivity index (χ2v) is 6.10. The van der Waals surface area contributed by atoms with E-state index in [1.54, 1.807) is 12.4 Å². The number of hydrogen-bond acceptors (Lipinski definition) is 5. The predicted molar refractivity (Wildman–Crippen MR) is 85.5 cm³/mol. The number of nitrogens with one attached hydrogen (secondary N) is 1. The van der Waals surface area contributed by atoms with Gasteiger partial charge in [-0.15, -0.1) is 0 Å². The zero-order chi connectivity index (χ0) is 15.4. The van der Waals surface area contributed by atoms with E-state index in [-0.39, 0.29) is 11.9 Å². The molecule has 22 heavy (non-hydrogen) atoms. The van der Waals surface area contributed by atoms with Crippen molar-refractivity contribution in [2.45, 2.75) is 6.04 Å². The number of amides is 1. The third kappa shape index (κ3) is 3.45. The molecular weight excluding hydrogens is 278 g/mol. The molecule has 6 nitrogen and oxygen atoms in total. The van der Waals surface area contributed by atoms with Gasteiger partial charge in [-0.3, -0.25) is 14.7 Å². The molecule has 0 saturated carbocycles. The minimum absolute atomic E-state index is 0.173. The summed E-state index contributed by atoms with van der Waals surface area (Å²) in [6.45, 7) is 7.26.